The summed E-state index contributed by atoms with van der Waals surface area (Å²) in [5.41, 5.74) is -3.11. The molecule has 1 N–H and O–H groups in total. The van der Waals surface area contributed by atoms with E-state index in [4.69, 9.17) is 14.2 Å². The molecule has 1 aliphatic rings. The van der Waals surface area contributed by atoms with Gasteiger partial charge in [-0.3, -0.25) is 4.90 Å². The van der Waals surface area contributed by atoms with Crippen molar-refractivity contribution in [2.45, 2.75) is 50.7 Å². The van der Waals surface area contributed by atoms with Crippen molar-refractivity contribution in [2.24, 2.45) is 0 Å². The number of carbonyl (C=O) groups excluding carboxylic acids is 1. The number of aliphatic hydroxyl groups excluding tert-OH is 1. The van der Waals surface area contributed by atoms with Crippen molar-refractivity contribution in [3.8, 4) is 11.5 Å². The van der Waals surface area contributed by atoms with E-state index in [1.807, 2.05) is 0 Å². The molecule has 1 amide bonds. The zero-order valence-corrected chi connectivity index (χ0v) is 19.8. The SMILES string of the molecule is CCOC(=O)N1c2cc(OC)c(OC)cc2[C@H]([C@H](O)c2cc(C(F)(F)F)cc(C(F)(F)F)c2)C[C@@H]1C. The first-order chi connectivity index (χ1) is 16.7. The van der Waals surface area contributed by atoms with Gasteiger partial charge in [0.05, 0.1) is 43.7 Å². The van der Waals surface area contributed by atoms with Gasteiger partial charge in [0.25, 0.3) is 0 Å². The van der Waals surface area contributed by atoms with Gasteiger partial charge in [-0.25, -0.2) is 4.79 Å². The average molecular weight is 521 g/mol. The molecule has 0 fully saturated rings. The molecule has 198 valence electrons. The molecular formula is C24H25F6NO5. The maximum atomic E-state index is 13.4. The van der Waals surface area contributed by atoms with Crippen LogP contribution in [0.3, 0.4) is 0 Å². The lowest BCUT2D eigenvalue weighted by Crippen LogP contribution is -2.44. The first-order valence-corrected chi connectivity index (χ1v) is 10.9. The Morgan fingerprint density at radius 3 is 2.00 bits per heavy atom. The first kappa shape index (κ1) is 27.4. The molecule has 36 heavy (non-hydrogen) atoms. The second-order valence-electron chi connectivity index (χ2n) is 8.31. The van der Waals surface area contributed by atoms with Crippen LogP contribution >= 0.6 is 0 Å². The van der Waals surface area contributed by atoms with Gasteiger partial charge in [0, 0.05) is 18.0 Å². The monoisotopic (exact) mass is 521 g/mol. The molecule has 0 radical (unpaired) electrons. The summed E-state index contributed by atoms with van der Waals surface area (Å²) in [6.07, 6.45) is -12.6. The van der Waals surface area contributed by atoms with Crippen LogP contribution in [0.5, 0.6) is 11.5 Å². The second kappa shape index (κ2) is 10.1. The molecule has 2 aromatic carbocycles. The summed E-state index contributed by atoms with van der Waals surface area (Å²) in [5, 5.41) is 11.2. The van der Waals surface area contributed by atoms with E-state index in [2.05, 4.69) is 0 Å². The van der Waals surface area contributed by atoms with Gasteiger partial charge in [0.1, 0.15) is 0 Å². The summed E-state index contributed by atoms with van der Waals surface area (Å²) in [6.45, 7) is 3.31. The molecule has 0 spiro atoms. The zero-order valence-electron chi connectivity index (χ0n) is 19.8. The van der Waals surface area contributed by atoms with Gasteiger partial charge in [-0.15, -0.1) is 0 Å². The third-order valence-corrected chi connectivity index (χ3v) is 6.02. The molecule has 6 nitrogen and oxygen atoms in total. The van der Waals surface area contributed by atoms with E-state index in [-0.39, 0.29) is 41.8 Å². The van der Waals surface area contributed by atoms with Crippen molar-refractivity contribution in [3.05, 3.63) is 52.6 Å². The molecule has 3 rings (SSSR count). The maximum Gasteiger partial charge on any atom is 0.416 e. The zero-order chi connectivity index (χ0) is 27.0. The second-order valence-corrected chi connectivity index (χ2v) is 8.31. The fourth-order valence-corrected chi connectivity index (χ4v) is 4.38. The van der Waals surface area contributed by atoms with E-state index < -0.39 is 53.2 Å². The molecule has 3 atom stereocenters. The third kappa shape index (κ3) is 5.32. The molecule has 0 saturated heterocycles. The van der Waals surface area contributed by atoms with Gasteiger partial charge in [0.15, 0.2) is 11.5 Å². The molecule has 12 heteroatoms. The van der Waals surface area contributed by atoms with Crippen LogP contribution in [0.25, 0.3) is 0 Å². The smallest absolute Gasteiger partial charge is 0.416 e. The summed E-state index contributed by atoms with van der Waals surface area (Å²) in [6, 6.07) is 3.28. The highest BCUT2D eigenvalue weighted by Gasteiger charge is 2.42. The molecule has 0 bridgehead atoms. The lowest BCUT2D eigenvalue weighted by molar-refractivity contribution is -0.143. The molecule has 0 aliphatic carbocycles. The van der Waals surface area contributed by atoms with Crippen molar-refractivity contribution in [1.29, 1.82) is 0 Å². The van der Waals surface area contributed by atoms with E-state index in [0.29, 0.717) is 12.1 Å². The fraction of sp³-hybridized carbons (Fsp3) is 0.458. The molecule has 1 aliphatic heterocycles. The number of halogens is 6. The molecular weight excluding hydrogens is 496 g/mol. The molecule has 1 heterocycles. The number of anilines is 1. The topological polar surface area (TPSA) is 68.2 Å². The Bertz CT molecular complexity index is 1090. The standard InChI is InChI=1S/C24H25F6NO5/c1-5-36-22(33)31-12(2)6-17(16-10-19(34-3)20(35-4)11-18(16)31)21(32)13-7-14(23(25,26)27)9-15(8-13)24(28,29)30/h7-12,17,21,32H,5-6H2,1-4H3/t12-,17+,21+/m0/s1. The molecule has 2 aromatic rings. The number of nitrogens with zero attached hydrogens (tertiary/aromatic N) is 1. The Balaban J connectivity index is 2.20. The van der Waals surface area contributed by atoms with E-state index >= 15 is 0 Å². The number of rotatable bonds is 5. The van der Waals surface area contributed by atoms with Crippen LogP contribution in [0.1, 0.15) is 54.5 Å². The third-order valence-electron chi connectivity index (χ3n) is 6.02. The molecule has 0 unspecified atom stereocenters. The van der Waals surface area contributed by atoms with Crippen molar-refractivity contribution < 1.29 is 50.5 Å². The van der Waals surface area contributed by atoms with Crippen LogP contribution in [0.15, 0.2) is 30.3 Å². The van der Waals surface area contributed by atoms with E-state index in [1.54, 1.807) is 13.8 Å². The highest BCUT2D eigenvalue weighted by molar-refractivity contribution is 5.91. The largest absolute Gasteiger partial charge is 0.493 e. The van der Waals surface area contributed by atoms with Gasteiger partial charge < -0.3 is 19.3 Å². The van der Waals surface area contributed by atoms with Gasteiger partial charge >= 0.3 is 18.4 Å². The minimum atomic E-state index is -5.06. The summed E-state index contributed by atoms with van der Waals surface area (Å²) >= 11 is 0. The van der Waals surface area contributed by atoms with Crippen molar-refractivity contribution in [1.82, 2.24) is 0 Å². The number of hydrogen-bond acceptors (Lipinski definition) is 5. The summed E-state index contributed by atoms with van der Waals surface area (Å²) in [5.74, 6) is -0.553. The van der Waals surface area contributed by atoms with Crippen molar-refractivity contribution >= 4 is 11.8 Å². The normalized spacial score (nSPS) is 18.9. The first-order valence-electron chi connectivity index (χ1n) is 10.9. The van der Waals surface area contributed by atoms with Crippen LogP contribution < -0.4 is 14.4 Å². The van der Waals surface area contributed by atoms with E-state index in [9.17, 15) is 36.2 Å². The van der Waals surface area contributed by atoms with Gasteiger partial charge in [-0.1, -0.05) is 0 Å². The predicted molar refractivity (Wildman–Crippen MR) is 117 cm³/mol. The highest BCUT2D eigenvalue weighted by Crippen LogP contribution is 2.49. The van der Waals surface area contributed by atoms with Crippen LogP contribution in [-0.2, 0) is 17.1 Å². The van der Waals surface area contributed by atoms with Crippen molar-refractivity contribution in [3.63, 3.8) is 0 Å². The molecule has 0 aromatic heterocycles. The Kier molecular flexibility index (Phi) is 7.68. The fourth-order valence-electron chi connectivity index (χ4n) is 4.38. The highest BCUT2D eigenvalue weighted by atomic mass is 19.4. The average Bonchev–Trinajstić information content (AvgIpc) is 2.80. The van der Waals surface area contributed by atoms with E-state index in [1.165, 1.54) is 31.3 Å². The number of hydrogen-bond donors (Lipinski definition) is 1. The number of benzene rings is 2. The lowest BCUT2D eigenvalue weighted by atomic mass is 9.79. The van der Waals surface area contributed by atoms with Gasteiger partial charge in [0.2, 0.25) is 0 Å². The number of carbonyl (C=O) groups is 1. The Morgan fingerprint density at radius 1 is 1.00 bits per heavy atom. The van der Waals surface area contributed by atoms with Crippen molar-refractivity contribution in [2.75, 3.05) is 25.7 Å². The lowest BCUT2D eigenvalue weighted by Gasteiger charge is -2.40. The quantitative estimate of drug-likeness (QED) is 0.467. The molecule has 0 saturated carbocycles. The Morgan fingerprint density at radius 2 is 1.53 bits per heavy atom. The van der Waals surface area contributed by atoms with Crippen LogP contribution in [0.4, 0.5) is 36.8 Å². The predicted octanol–water partition coefficient (Wildman–Crippen LogP) is 6.31. The minimum Gasteiger partial charge on any atom is -0.493 e. The number of methoxy groups -OCH3 is 2. The number of aliphatic hydroxyl groups is 1. The number of amides is 1. The number of alkyl halides is 6. The Labute approximate surface area is 203 Å². The minimum absolute atomic E-state index is 0.00401. The van der Waals surface area contributed by atoms with Gasteiger partial charge in [-0.05, 0) is 55.7 Å². The summed E-state index contributed by atoms with van der Waals surface area (Å²) < 4.78 is 96.1. The van der Waals surface area contributed by atoms with Gasteiger partial charge in [-0.2, -0.15) is 26.3 Å². The number of ether oxygens (including phenoxy) is 3. The number of fused-ring (bicyclic) bond motifs is 1. The van der Waals surface area contributed by atoms with Crippen LogP contribution in [0, 0.1) is 0 Å². The van der Waals surface area contributed by atoms with E-state index in [0.717, 1.165) is 0 Å². The summed E-state index contributed by atoms with van der Waals surface area (Å²) in [4.78, 5) is 14.0. The Hall–Kier alpha value is -3.15. The maximum absolute atomic E-state index is 13.4. The summed E-state index contributed by atoms with van der Waals surface area (Å²) in [7, 11) is 2.70. The van der Waals surface area contributed by atoms with Crippen LogP contribution in [0.2, 0.25) is 0 Å². The van der Waals surface area contributed by atoms with Crippen LogP contribution in [-0.4, -0.2) is 38.1 Å².